The molecule has 0 saturated carbocycles. The second-order valence-electron chi connectivity index (χ2n) is 5.43. The number of hydrogen-bond donors (Lipinski definition) is 2. The summed E-state index contributed by atoms with van der Waals surface area (Å²) in [5.74, 6) is -0.117. The van der Waals surface area contributed by atoms with Crippen molar-refractivity contribution in [1.29, 1.82) is 0 Å². The van der Waals surface area contributed by atoms with Crippen molar-refractivity contribution in [3.8, 4) is 0 Å². The maximum atomic E-state index is 11.6. The van der Waals surface area contributed by atoms with Gasteiger partial charge < -0.3 is 10.2 Å². The first-order valence-electron chi connectivity index (χ1n) is 5.64. The summed E-state index contributed by atoms with van der Waals surface area (Å²) in [4.78, 5) is 11.6. The van der Waals surface area contributed by atoms with Crippen LogP contribution in [-0.2, 0) is 11.2 Å². The molecule has 1 aromatic carbocycles. The molecule has 94 valence electrons. The molecule has 0 aliphatic heterocycles. The molecule has 0 spiro atoms. The Balaban J connectivity index is 3.43. The van der Waals surface area contributed by atoms with Gasteiger partial charge in [0.15, 0.2) is 5.78 Å². The molecule has 0 heterocycles. The lowest BCUT2D eigenvalue weighted by molar-refractivity contribution is 0.0724. The van der Waals surface area contributed by atoms with Crippen molar-refractivity contribution in [1.82, 2.24) is 0 Å². The molecule has 1 rings (SSSR count). The Morgan fingerprint density at radius 3 is 1.94 bits per heavy atom. The van der Waals surface area contributed by atoms with E-state index in [4.69, 9.17) is 0 Å². The lowest BCUT2D eigenvalue weighted by Crippen LogP contribution is -2.22. The number of Topliss-reactive ketones (excluding diaryl/α,β-unsaturated/α-hetero) is 1. The van der Waals surface area contributed by atoms with E-state index in [1.807, 2.05) is 0 Å². The highest BCUT2D eigenvalue weighted by Gasteiger charge is 2.25. The molecule has 0 aliphatic rings. The Hall–Kier alpha value is -1.19. The fourth-order valence-corrected chi connectivity index (χ4v) is 1.75. The van der Waals surface area contributed by atoms with Gasteiger partial charge in [-0.2, -0.15) is 0 Å². The molecule has 0 aromatic heterocycles. The quantitative estimate of drug-likeness (QED) is 0.792. The smallest absolute Gasteiger partial charge is 0.160 e. The van der Waals surface area contributed by atoms with Gasteiger partial charge >= 0.3 is 0 Å². The van der Waals surface area contributed by atoms with Crippen LogP contribution in [0.1, 0.15) is 56.1 Å². The molecule has 0 aliphatic carbocycles. The number of ketones is 1. The Labute approximate surface area is 102 Å². The first-order valence-corrected chi connectivity index (χ1v) is 5.64. The predicted octanol–water partition coefficient (Wildman–Crippen LogP) is 2.34. The topological polar surface area (TPSA) is 57.5 Å². The molecular weight excluding hydrogens is 216 g/mol. The lowest BCUT2D eigenvalue weighted by Gasteiger charge is -2.24. The van der Waals surface area contributed by atoms with Crippen LogP contribution in [-0.4, -0.2) is 16.0 Å². The van der Waals surface area contributed by atoms with Crippen molar-refractivity contribution < 1.29 is 15.0 Å². The van der Waals surface area contributed by atoms with E-state index in [0.29, 0.717) is 16.7 Å². The first kappa shape index (κ1) is 13.9. The highest BCUT2D eigenvalue weighted by Crippen LogP contribution is 2.28. The lowest BCUT2D eigenvalue weighted by atomic mass is 9.87. The third kappa shape index (κ3) is 3.14. The monoisotopic (exact) mass is 236 g/mol. The van der Waals surface area contributed by atoms with Gasteiger partial charge in [-0.15, -0.1) is 0 Å². The van der Waals surface area contributed by atoms with E-state index in [-0.39, 0.29) is 5.78 Å². The van der Waals surface area contributed by atoms with Gasteiger partial charge in [-0.05, 0) is 51.8 Å². The van der Waals surface area contributed by atoms with Crippen molar-refractivity contribution in [2.75, 3.05) is 0 Å². The van der Waals surface area contributed by atoms with Crippen LogP contribution in [0.3, 0.4) is 0 Å². The summed E-state index contributed by atoms with van der Waals surface area (Å²) < 4.78 is 0. The van der Waals surface area contributed by atoms with Gasteiger partial charge in [-0.25, -0.2) is 0 Å². The minimum atomic E-state index is -1.07. The van der Waals surface area contributed by atoms with Crippen LogP contribution in [0.25, 0.3) is 0 Å². The van der Waals surface area contributed by atoms with Gasteiger partial charge in [0.1, 0.15) is 0 Å². The number of rotatable bonds is 3. The molecule has 17 heavy (non-hydrogen) atoms. The van der Waals surface area contributed by atoms with E-state index in [2.05, 4.69) is 0 Å². The van der Waals surface area contributed by atoms with Gasteiger partial charge in [0.25, 0.3) is 0 Å². The number of benzene rings is 1. The predicted molar refractivity (Wildman–Crippen MR) is 66.9 cm³/mol. The summed E-state index contributed by atoms with van der Waals surface area (Å²) in [6, 6.07) is 5.08. The van der Waals surface area contributed by atoms with E-state index in [1.165, 1.54) is 6.92 Å². The van der Waals surface area contributed by atoms with Crippen molar-refractivity contribution in [3.05, 3.63) is 34.9 Å². The maximum Gasteiger partial charge on any atom is 0.160 e. The highest BCUT2D eigenvalue weighted by atomic mass is 16.3. The Morgan fingerprint density at radius 2 is 1.59 bits per heavy atom. The molecule has 0 radical (unpaired) electrons. The molecule has 3 nitrogen and oxygen atoms in total. The van der Waals surface area contributed by atoms with Gasteiger partial charge in [-0.3, -0.25) is 4.79 Å². The minimum absolute atomic E-state index is 0.117. The summed E-state index contributed by atoms with van der Waals surface area (Å²) in [6.07, 6.45) is 0. The first-order chi connectivity index (χ1) is 7.53. The van der Waals surface area contributed by atoms with Crippen LogP contribution < -0.4 is 0 Å². The normalized spacial score (nSPS) is 12.6. The standard InChI is InChI=1S/C14H20O3/c1-9(15)11-8-10(13(2,3)16)6-7-12(11)14(4,5)17/h6-8,16-17H,1-5H3. The van der Waals surface area contributed by atoms with Gasteiger partial charge in [-0.1, -0.05) is 12.1 Å². The number of carbonyl (C=O) groups excluding carboxylic acids is 1. The average molecular weight is 236 g/mol. The third-order valence-electron chi connectivity index (χ3n) is 2.76. The van der Waals surface area contributed by atoms with Crippen LogP contribution in [0.4, 0.5) is 0 Å². The Kier molecular flexibility index (Phi) is 3.46. The van der Waals surface area contributed by atoms with E-state index < -0.39 is 11.2 Å². The van der Waals surface area contributed by atoms with Crippen molar-refractivity contribution in [2.24, 2.45) is 0 Å². The maximum absolute atomic E-state index is 11.6. The molecule has 0 atom stereocenters. The van der Waals surface area contributed by atoms with E-state index in [1.54, 1.807) is 45.9 Å². The van der Waals surface area contributed by atoms with Crippen molar-refractivity contribution >= 4 is 5.78 Å². The minimum Gasteiger partial charge on any atom is -0.386 e. The molecule has 0 unspecified atom stereocenters. The summed E-state index contributed by atoms with van der Waals surface area (Å²) in [6.45, 7) is 8.06. The van der Waals surface area contributed by atoms with Gasteiger partial charge in [0, 0.05) is 5.56 Å². The van der Waals surface area contributed by atoms with Crippen LogP contribution in [0.5, 0.6) is 0 Å². The van der Waals surface area contributed by atoms with E-state index >= 15 is 0 Å². The number of aliphatic hydroxyl groups is 2. The molecule has 3 heteroatoms. The van der Waals surface area contributed by atoms with Crippen LogP contribution in [0.15, 0.2) is 18.2 Å². The second-order valence-corrected chi connectivity index (χ2v) is 5.43. The molecule has 0 saturated heterocycles. The zero-order chi connectivity index (χ0) is 13.4. The van der Waals surface area contributed by atoms with Crippen molar-refractivity contribution in [3.63, 3.8) is 0 Å². The van der Waals surface area contributed by atoms with Crippen molar-refractivity contribution in [2.45, 2.75) is 45.8 Å². The number of carbonyl (C=O) groups is 1. The summed E-state index contributed by atoms with van der Waals surface area (Å²) in [5.41, 5.74) is -0.368. The number of hydrogen-bond acceptors (Lipinski definition) is 3. The zero-order valence-electron chi connectivity index (χ0n) is 11.0. The summed E-state index contributed by atoms with van der Waals surface area (Å²) in [7, 11) is 0. The molecule has 1 aromatic rings. The summed E-state index contributed by atoms with van der Waals surface area (Å²) >= 11 is 0. The second kappa shape index (κ2) is 4.24. The van der Waals surface area contributed by atoms with E-state index in [0.717, 1.165) is 0 Å². The van der Waals surface area contributed by atoms with Gasteiger partial charge in [0.2, 0.25) is 0 Å². The van der Waals surface area contributed by atoms with E-state index in [9.17, 15) is 15.0 Å². The van der Waals surface area contributed by atoms with Crippen LogP contribution >= 0.6 is 0 Å². The molecule has 2 N–H and O–H groups in total. The Morgan fingerprint density at radius 1 is 1.06 bits per heavy atom. The highest BCUT2D eigenvalue weighted by molar-refractivity contribution is 5.96. The molecule has 0 amide bonds. The average Bonchev–Trinajstić information content (AvgIpc) is 2.14. The SMILES string of the molecule is CC(=O)c1cc(C(C)(C)O)ccc1C(C)(C)O. The van der Waals surface area contributed by atoms with Gasteiger partial charge in [0.05, 0.1) is 11.2 Å². The fourth-order valence-electron chi connectivity index (χ4n) is 1.75. The largest absolute Gasteiger partial charge is 0.386 e. The van der Waals surface area contributed by atoms with Crippen LogP contribution in [0.2, 0.25) is 0 Å². The molecule has 0 fully saturated rings. The third-order valence-corrected chi connectivity index (χ3v) is 2.76. The summed E-state index contributed by atoms with van der Waals surface area (Å²) in [5, 5.41) is 19.9. The fraction of sp³-hybridized carbons (Fsp3) is 0.500. The Bertz CT molecular complexity index is 434. The molecular formula is C14H20O3. The zero-order valence-corrected chi connectivity index (χ0v) is 11.0. The molecule has 0 bridgehead atoms. The van der Waals surface area contributed by atoms with Crippen LogP contribution in [0, 0.1) is 0 Å².